The lowest BCUT2D eigenvalue weighted by Gasteiger charge is -2.34. The van der Waals surface area contributed by atoms with Crippen molar-refractivity contribution in [1.29, 1.82) is 0 Å². The van der Waals surface area contributed by atoms with Crippen molar-refractivity contribution in [3.8, 4) is 0 Å². The van der Waals surface area contributed by atoms with Crippen LogP contribution < -0.4 is 0 Å². The number of ether oxygens (including phenoxy) is 2. The Morgan fingerprint density at radius 1 is 1.20 bits per heavy atom. The van der Waals surface area contributed by atoms with Gasteiger partial charge in [0.2, 0.25) is 0 Å². The molecule has 1 unspecified atom stereocenters. The van der Waals surface area contributed by atoms with E-state index in [-0.39, 0.29) is 30.7 Å². The molecule has 0 radical (unpaired) electrons. The van der Waals surface area contributed by atoms with Crippen LogP contribution in [0.2, 0.25) is 0 Å². The predicted molar refractivity (Wildman–Crippen MR) is 76.5 cm³/mol. The van der Waals surface area contributed by atoms with Gasteiger partial charge in [0.25, 0.3) is 0 Å². The fraction of sp³-hybridized carbons (Fsp3) is 1.00. The average molecular weight is 290 g/mol. The first-order valence-electron chi connectivity index (χ1n) is 7.20. The van der Waals surface area contributed by atoms with Gasteiger partial charge in [-0.25, -0.2) is 0 Å². The molecule has 1 aliphatic heterocycles. The van der Waals surface area contributed by atoms with E-state index in [0.717, 1.165) is 6.42 Å². The highest BCUT2D eigenvalue weighted by atomic mass is 16.6. The summed E-state index contributed by atoms with van der Waals surface area (Å²) in [7, 11) is 0. The zero-order chi connectivity index (χ0) is 15.6. The van der Waals surface area contributed by atoms with Gasteiger partial charge in [-0.2, -0.15) is 0 Å². The molecule has 0 aromatic carbocycles. The Balaban J connectivity index is 2.50. The summed E-state index contributed by atoms with van der Waals surface area (Å²) >= 11 is 0. The fourth-order valence-corrected chi connectivity index (χ4v) is 3.08. The number of hydrogen-bond acceptors (Lipinski definition) is 5. The molecule has 120 valence electrons. The number of rotatable bonds is 6. The van der Waals surface area contributed by atoms with E-state index in [0.29, 0.717) is 6.61 Å². The van der Waals surface area contributed by atoms with Gasteiger partial charge < -0.3 is 24.8 Å². The maximum absolute atomic E-state index is 9.91. The Bertz CT molecular complexity index is 310. The molecule has 20 heavy (non-hydrogen) atoms. The first-order chi connectivity index (χ1) is 9.01. The van der Waals surface area contributed by atoms with Gasteiger partial charge >= 0.3 is 0 Å². The molecule has 3 atom stereocenters. The zero-order valence-electron chi connectivity index (χ0n) is 13.3. The topological polar surface area (TPSA) is 79.2 Å². The normalized spacial score (nSPS) is 31.8. The SMILES string of the molecule is CC(C)(C)CC(C)(C)COC[C@@]1(CO)OC[C@@H](O)C1O. The third kappa shape index (κ3) is 4.67. The summed E-state index contributed by atoms with van der Waals surface area (Å²) in [5, 5.41) is 28.9. The Morgan fingerprint density at radius 3 is 2.20 bits per heavy atom. The maximum atomic E-state index is 9.91. The van der Waals surface area contributed by atoms with E-state index in [1.165, 1.54) is 0 Å². The Kier molecular flexibility index (Phi) is 5.60. The molecule has 1 heterocycles. The van der Waals surface area contributed by atoms with Crippen LogP contribution in [0, 0.1) is 10.8 Å². The van der Waals surface area contributed by atoms with Gasteiger partial charge in [0, 0.05) is 0 Å². The molecule has 1 fully saturated rings. The van der Waals surface area contributed by atoms with Crippen molar-refractivity contribution < 1.29 is 24.8 Å². The Labute approximate surface area is 121 Å². The Hall–Kier alpha value is -0.200. The van der Waals surface area contributed by atoms with E-state index in [1.54, 1.807) is 0 Å². The van der Waals surface area contributed by atoms with Crippen molar-refractivity contribution in [2.24, 2.45) is 10.8 Å². The molecular weight excluding hydrogens is 260 g/mol. The molecule has 1 rings (SSSR count). The maximum Gasteiger partial charge on any atom is 0.143 e. The first kappa shape index (κ1) is 17.9. The van der Waals surface area contributed by atoms with Gasteiger partial charge in [0.15, 0.2) is 0 Å². The van der Waals surface area contributed by atoms with E-state index < -0.39 is 17.8 Å². The van der Waals surface area contributed by atoms with Crippen LogP contribution in [0.5, 0.6) is 0 Å². The monoisotopic (exact) mass is 290 g/mol. The first-order valence-corrected chi connectivity index (χ1v) is 7.20. The molecule has 1 saturated heterocycles. The zero-order valence-corrected chi connectivity index (χ0v) is 13.3. The summed E-state index contributed by atoms with van der Waals surface area (Å²) in [6.07, 6.45) is -1.08. The standard InChI is InChI=1S/C15H30O5/c1-13(2,3)7-14(4,5)9-19-10-15(8-16)12(18)11(17)6-20-15/h11-12,16-18H,6-10H2,1-5H3/t11-,12?,15-/m1/s1. The van der Waals surface area contributed by atoms with Crippen molar-refractivity contribution in [3.05, 3.63) is 0 Å². The number of aliphatic hydroxyl groups is 3. The fourth-order valence-electron chi connectivity index (χ4n) is 3.08. The molecular formula is C15H30O5. The Morgan fingerprint density at radius 2 is 1.80 bits per heavy atom. The van der Waals surface area contributed by atoms with Gasteiger partial charge in [-0.15, -0.1) is 0 Å². The molecule has 0 aromatic heterocycles. The molecule has 0 aromatic rings. The second-order valence-electron chi connectivity index (χ2n) is 7.94. The van der Waals surface area contributed by atoms with E-state index >= 15 is 0 Å². The quantitative estimate of drug-likeness (QED) is 0.679. The smallest absolute Gasteiger partial charge is 0.143 e. The van der Waals surface area contributed by atoms with Gasteiger partial charge in [-0.05, 0) is 17.3 Å². The number of hydrogen-bond donors (Lipinski definition) is 3. The summed E-state index contributed by atoms with van der Waals surface area (Å²) < 4.78 is 11.0. The molecule has 0 amide bonds. The van der Waals surface area contributed by atoms with Crippen molar-refractivity contribution in [3.63, 3.8) is 0 Å². The molecule has 5 nitrogen and oxygen atoms in total. The van der Waals surface area contributed by atoms with Crippen LogP contribution in [0.4, 0.5) is 0 Å². The summed E-state index contributed by atoms with van der Waals surface area (Å²) in [5.41, 5.74) is -0.991. The van der Waals surface area contributed by atoms with Crippen molar-refractivity contribution >= 4 is 0 Å². The van der Waals surface area contributed by atoms with Gasteiger partial charge in [-0.3, -0.25) is 0 Å². The molecule has 5 heteroatoms. The van der Waals surface area contributed by atoms with Gasteiger partial charge in [-0.1, -0.05) is 34.6 Å². The van der Waals surface area contributed by atoms with Crippen LogP contribution >= 0.6 is 0 Å². The molecule has 0 bridgehead atoms. The van der Waals surface area contributed by atoms with Crippen molar-refractivity contribution in [2.75, 3.05) is 26.4 Å². The molecule has 1 aliphatic rings. The molecule has 0 spiro atoms. The van der Waals surface area contributed by atoms with E-state index in [2.05, 4.69) is 34.6 Å². The second-order valence-corrected chi connectivity index (χ2v) is 7.94. The number of aliphatic hydroxyl groups excluding tert-OH is 3. The minimum atomic E-state index is -1.20. The molecule has 3 N–H and O–H groups in total. The minimum absolute atomic E-state index is 0.00291. The second kappa shape index (κ2) is 6.28. The van der Waals surface area contributed by atoms with Crippen molar-refractivity contribution in [1.82, 2.24) is 0 Å². The van der Waals surface area contributed by atoms with Crippen LogP contribution in [0.25, 0.3) is 0 Å². The highest BCUT2D eigenvalue weighted by Crippen LogP contribution is 2.34. The highest BCUT2D eigenvalue weighted by molar-refractivity contribution is 4.97. The lowest BCUT2D eigenvalue weighted by molar-refractivity contribution is -0.142. The largest absolute Gasteiger partial charge is 0.393 e. The lowest BCUT2D eigenvalue weighted by atomic mass is 9.77. The molecule has 0 saturated carbocycles. The van der Waals surface area contributed by atoms with Crippen molar-refractivity contribution in [2.45, 2.75) is 58.8 Å². The van der Waals surface area contributed by atoms with Gasteiger partial charge in [0.05, 0.1) is 26.4 Å². The summed E-state index contributed by atoms with van der Waals surface area (Å²) in [5.74, 6) is 0. The average Bonchev–Trinajstić information content (AvgIpc) is 2.54. The predicted octanol–water partition coefficient (Wildman–Crippen LogP) is 0.948. The minimum Gasteiger partial charge on any atom is -0.393 e. The van der Waals surface area contributed by atoms with E-state index in [4.69, 9.17) is 9.47 Å². The lowest BCUT2D eigenvalue weighted by Crippen LogP contribution is -2.50. The van der Waals surface area contributed by atoms with Crippen LogP contribution in [0.1, 0.15) is 41.0 Å². The van der Waals surface area contributed by atoms with E-state index in [9.17, 15) is 15.3 Å². The van der Waals surface area contributed by atoms with Crippen LogP contribution in [0.3, 0.4) is 0 Å². The third-order valence-electron chi connectivity index (χ3n) is 3.56. The van der Waals surface area contributed by atoms with Crippen LogP contribution in [0.15, 0.2) is 0 Å². The van der Waals surface area contributed by atoms with Crippen LogP contribution in [-0.4, -0.2) is 59.6 Å². The van der Waals surface area contributed by atoms with Crippen LogP contribution in [-0.2, 0) is 9.47 Å². The molecule has 0 aliphatic carbocycles. The summed E-state index contributed by atoms with van der Waals surface area (Å²) in [6.45, 7) is 11.1. The third-order valence-corrected chi connectivity index (χ3v) is 3.56. The van der Waals surface area contributed by atoms with Gasteiger partial charge in [0.1, 0.15) is 17.8 Å². The van der Waals surface area contributed by atoms with E-state index in [1.807, 2.05) is 0 Å². The summed E-state index contributed by atoms with van der Waals surface area (Å²) in [6, 6.07) is 0. The summed E-state index contributed by atoms with van der Waals surface area (Å²) in [4.78, 5) is 0. The highest BCUT2D eigenvalue weighted by Gasteiger charge is 2.49.